The highest BCUT2D eigenvalue weighted by molar-refractivity contribution is 5.98. The molecule has 8 nitrogen and oxygen atoms in total. The fourth-order valence-corrected chi connectivity index (χ4v) is 5.22. The normalized spacial score (nSPS) is 10.6. The first-order chi connectivity index (χ1) is 24.7. The monoisotopic (exact) mass is 676 g/mol. The lowest BCUT2D eigenvalue weighted by Crippen LogP contribution is -2.11. The number of phenols is 1. The van der Waals surface area contributed by atoms with Crippen molar-refractivity contribution in [2.45, 2.75) is 19.8 Å². The number of aromatic hydroxyl groups is 1. The van der Waals surface area contributed by atoms with Crippen LogP contribution in [0.2, 0.25) is 0 Å². The SMILES string of the molecule is CC(=O)c1cccc(C(=O)Oc2ccc(Cc3ccc(OC(=O)c4ccc(C(=O)Oc5ccc(Cc6ccc(O)cc6)cc5)cc4)cc3)cc2)c1. The summed E-state index contributed by atoms with van der Waals surface area (Å²) in [6.45, 7) is 1.44. The smallest absolute Gasteiger partial charge is 0.343 e. The van der Waals surface area contributed by atoms with Crippen molar-refractivity contribution in [2.24, 2.45) is 0 Å². The van der Waals surface area contributed by atoms with Crippen molar-refractivity contribution in [1.82, 2.24) is 0 Å². The molecule has 0 aliphatic rings. The zero-order chi connectivity index (χ0) is 35.7. The molecule has 6 aromatic carbocycles. The zero-order valence-electron chi connectivity index (χ0n) is 27.6. The van der Waals surface area contributed by atoms with E-state index in [2.05, 4.69) is 0 Å². The van der Waals surface area contributed by atoms with Crippen LogP contribution < -0.4 is 14.2 Å². The van der Waals surface area contributed by atoms with E-state index in [0.29, 0.717) is 41.2 Å². The predicted octanol–water partition coefficient (Wildman–Crippen LogP) is 8.43. The Balaban J connectivity index is 0.974. The minimum absolute atomic E-state index is 0.130. The Hall–Kier alpha value is -6.80. The van der Waals surface area contributed by atoms with Gasteiger partial charge in [0, 0.05) is 5.56 Å². The second kappa shape index (κ2) is 15.6. The van der Waals surface area contributed by atoms with Gasteiger partial charge in [-0.05, 0) is 127 Å². The van der Waals surface area contributed by atoms with Crippen LogP contribution in [0.4, 0.5) is 0 Å². The van der Waals surface area contributed by atoms with Crippen LogP contribution in [0.5, 0.6) is 23.0 Å². The Morgan fingerprint density at radius 2 is 0.765 bits per heavy atom. The van der Waals surface area contributed by atoms with Gasteiger partial charge >= 0.3 is 17.9 Å². The van der Waals surface area contributed by atoms with Crippen molar-refractivity contribution < 1.29 is 38.5 Å². The molecular weight excluding hydrogens is 644 g/mol. The molecule has 8 heteroatoms. The van der Waals surface area contributed by atoms with Crippen molar-refractivity contribution in [3.05, 3.63) is 190 Å². The van der Waals surface area contributed by atoms with Gasteiger partial charge in [0.2, 0.25) is 0 Å². The molecule has 252 valence electrons. The highest BCUT2D eigenvalue weighted by Crippen LogP contribution is 2.22. The van der Waals surface area contributed by atoms with Gasteiger partial charge in [-0.2, -0.15) is 0 Å². The van der Waals surface area contributed by atoms with Crippen molar-refractivity contribution >= 4 is 23.7 Å². The molecule has 0 saturated heterocycles. The van der Waals surface area contributed by atoms with Gasteiger partial charge < -0.3 is 19.3 Å². The molecule has 0 amide bonds. The third-order valence-corrected chi connectivity index (χ3v) is 8.02. The van der Waals surface area contributed by atoms with Crippen molar-refractivity contribution in [3.63, 3.8) is 0 Å². The average Bonchev–Trinajstić information content (AvgIpc) is 3.15. The Morgan fingerprint density at radius 3 is 1.14 bits per heavy atom. The lowest BCUT2D eigenvalue weighted by molar-refractivity contribution is 0.0720. The second-order valence-corrected chi connectivity index (χ2v) is 11.8. The summed E-state index contributed by atoms with van der Waals surface area (Å²) >= 11 is 0. The van der Waals surface area contributed by atoms with Crippen LogP contribution in [0.3, 0.4) is 0 Å². The highest BCUT2D eigenvalue weighted by Gasteiger charge is 2.14. The molecule has 6 aromatic rings. The molecular formula is C43H32O8. The average molecular weight is 677 g/mol. The first-order valence-corrected chi connectivity index (χ1v) is 16.1. The number of ether oxygens (including phenoxy) is 3. The molecule has 0 aromatic heterocycles. The topological polar surface area (TPSA) is 116 Å². The predicted molar refractivity (Wildman–Crippen MR) is 191 cm³/mol. The third-order valence-electron chi connectivity index (χ3n) is 8.02. The molecule has 0 aliphatic carbocycles. The van der Waals surface area contributed by atoms with Crippen LogP contribution in [0, 0.1) is 0 Å². The van der Waals surface area contributed by atoms with E-state index in [0.717, 1.165) is 22.3 Å². The molecule has 0 atom stereocenters. The maximum absolute atomic E-state index is 12.8. The number of phenolic OH excluding ortho intramolecular Hbond substituents is 1. The molecule has 0 fully saturated rings. The summed E-state index contributed by atoms with van der Waals surface area (Å²) in [6, 6.07) is 40.9. The van der Waals surface area contributed by atoms with Gasteiger partial charge in [-0.25, -0.2) is 14.4 Å². The minimum Gasteiger partial charge on any atom is -0.508 e. The van der Waals surface area contributed by atoms with Gasteiger partial charge in [-0.3, -0.25) is 4.79 Å². The summed E-state index contributed by atoms with van der Waals surface area (Å²) in [6.07, 6.45) is 1.28. The van der Waals surface area contributed by atoms with E-state index < -0.39 is 17.9 Å². The van der Waals surface area contributed by atoms with E-state index in [-0.39, 0.29) is 22.7 Å². The van der Waals surface area contributed by atoms with Crippen LogP contribution in [0.25, 0.3) is 0 Å². The Morgan fingerprint density at radius 1 is 0.431 bits per heavy atom. The molecule has 6 rings (SSSR count). The minimum atomic E-state index is -0.565. The summed E-state index contributed by atoms with van der Waals surface area (Å²) in [5.74, 6) is -0.419. The molecule has 51 heavy (non-hydrogen) atoms. The van der Waals surface area contributed by atoms with E-state index in [4.69, 9.17) is 14.2 Å². The summed E-state index contributed by atoms with van der Waals surface area (Å²) in [5, 5.41) is 9.45. The number of esters is 3. The van der Waals surface area contributed by atoms with E-state index in [1.54, 1.807) is 66.7 Å². The van der Waals surface area contributed by atoms with Crippen LogP contribution in [0.1, 0.15) is 70.6 Å². The fourth-order valence-electron chi connectivity index (χ4n) is 5.22. The lowest BCUT2D eigenvalue weighted by atomic mass is 10.0. The molecule has 0 unspecified atom stereocenters. The summed E-state index contributed by atoms with van der Waals surface area (Å²) in [5.41, 5.74) is 5.35. The number of hydrogen-bond acceptors (Lipinski definition) is 8. The van der Waals surface area contributed by atoms with E-state index in [1.165, 1.54) is 37.3 Å². The Bertz CT molecular complexity index is 2170. The van der Waals surface area contributed by atoms with Gasteiger partial charge in [0.15, 0.2) is 5.78 Å². The Labute approximate surface area is 294 Å². The molecule has 0 heterocycles. The van der Waals surface area contributed by atoms with E-state index in [9.17, 15) is 24.3 Å². The standard InChI is InChI=1S/C43H32O8/c1-28(44)35-3-2-4-36(27-35)43(48)51-40-23-11-32(12-24-40)26-31-9-21-39(22-10-31)50-42(47)34-15-13-33(14-16-34)41(46)49-38-19-7-30(8-20-38)25-29-5-17-37(45)18-6-29/h2-24,27,45H,25-26H2,1H3. The largest absolute Gasteiger partial charge is 0.508 e. The number of ketones is 1. The molecule has 0 saturated carbocycles. The summed E-state index contributed by atoms with van der Waals surface area (Å²) in [4.78, 5) is 49.6. The van der Waals surface area contributed by atoms with Crippen molar-refractivity contribution in [1.29, 1.82) is 0 Å². The van der Waals surface area contributed by atoms with Gasteiger partial charge in [-0.15, -0.1) is 0 Å². The van der Waals surface area contributed by atoms with Gasteiger partial charge in [-0.1, -0.05) is 60.7 Å². The van der Waals surface area contributed by atoms with Crippen LogP contribution >= 0.6 is 0 Å². The van der Waals surface area contributed by atoms with Gasteiger partial charge in [0.1, 0.15) is 23.0 Å². The zero-order valence-corrected chi connectivity index (χ0v) is 27.6. The summed E-state index contributed by atoms with van der Waals surface area (Å²) < 4.78 is 16.5. The number of benzene rings is 6. The summed E-state index contributed by atoms with van der Waals surface area (Å²) in [7, 11) is 0. The van der Waals surface area contributed by atoms with Crippen molar-refractivity contribution in [2.75, 3.05) is 0 Å². The number of rotatable bonds is 11. The van der Waals surface area contributed by atoms with E-state index in [1.807, 2.05) is 48.5 Å². The first kappa shape index (κ1) is 34.1. The number of hydrogen-bond donors (Lipinski definition) is 1. The number of carbonyl (C=O) groups is 4. The maximum atomic E-state index is 12.8. The molecule has 0 aliphatic heterocycles. The molecule has 1 N–H and O–H groups in total. The van der Waals surface area contributed by atoms with Crippen molar-refractivity contribution in [3.8, 4) is 23.0 Å². The molecule has 0 radical (unpaired) electrons. The highest BCUT2D eigenvalue weighted by atomic mass is 16.5. The molecule has 0 bridgehead atoms. The van der Waals surface area contributed by atoms with Gasteiger partial charge in [0.05, 0.1) is 16.7 Å². The first-order valence-electron chi connectivity index (χ1n) is 16.1. The maximum Gasteiger partial charge on any atom is 0.343 e. The fraction of sp³-hybridized carbons (Fsp3) is 0.0698. The van der Waals surface area contributed by atoms with Crippen LogP contribution in [-0.2, 0) is 12.8 Å². The van der Waals surface area contributed by atoms with Crippen LogP contribution in [-0.4, -0.2) is 28.8 Å². The quantitative estimate of drug-likeness (QED) is 0.0826. The van der Waals surface area contributed by atoms with Gasteiger partial charge in [0.25, 0.3) is 0 Å². The van der Waals surface area contributed by atoms with E-state index >= 15 is 0 Å². The third kappa shape index (κ3) is 9.22. The second-order valence-electron chi connectivity index (χ2n) is 11.8. The Kier molecular flexibility index (Phi) is 10.4. The van der Waals surface area contributed by atoms with Crippen LogP contribution in [0.15, 0.2) is 146 Å². The lowest BCUT2D eigenvalue weighted by Gasteiger charge is -2.09. The number of Topliss-reactive ketones (excluding diaryl/α,β-unsaturated/α-hetero) is 1. The molecule has 0 spiro atoms. The number of carbonyl (C=O) groups excluding carboxylic acids is 4.